The minimum atomic E-state index is -4.99. The summed E-state index contributed by atoms with van der Waals surface area (Å²) in [4.78, 5) is 72.9. The van der Waals surface area contributed by atoms with E-state index in [4.69, 9.17) is 37.0 Å². The highest BCUT2D eigenvalue weighted by atomic mass is 31.2. The van der Waals surface area contributed by atoms with Crippen molar-refractivity contribution in [2.45, 2.75) is 367 Å². The van der Waals surface area contributed by atoms with Crippen molar-refractivity contribution in [1.82, 2.24) is 0 Å². The van der Waals surface area contributed by atoms with Crippen LogP contribution in [0.2, 0.25) is 0 Å². The summed E-state index contributed by atoms with van der Waals surface area (Å²) >= 11 is 0. The topological polar surface area (TPSA) is 237 Å². The normalized spacial score (nSPS) is 14.3. The van der Waals surface area contributed by atoms with Crippen LogP contribution in [0.25, 0.3) is 0 Å². The number of rotatable bonds is 75. The summed E-state index contributed by atoms with van der Waals surface area (Å²) in [6.07, 6.45) is 75.7. The van der Waals surface area contributed by atoms with Gasteiger partial charge in [-0.2, -0.15) is 0 Å². The summed E-state index contributed by atoms with van der Waals surface area (Å²) in [6.45, 7) is 4.77. The highest BCUT2D eigenvalue weighted by molar-refractivity contribution is 7.47. The van der Waals surface area contributed by atoms with Gasteiger partial charge in [0.1, 0.15) is 19.3 Å². The Morgan fingerprint density at radius 2 is 0.500 bits per heavy atom. The molecule has 0 radical (unpaired) electrons. The zero-order chi connectivity index (χ0) is 73.2. The second-order valence-electron chi connectivity index (χ2n) is 26.7. The van der Waals surface area contributed by atoms with E-state index < -0.39 is 97.5 Å². The molecule has 2 unspecified atom stereocenters. The van der Waals surface area contributed by atoms with Gasteiger partial charge in [0.25, 0.3) is 0 Å². The van der Waals surface area contributed by atoms with E-state index in [1.807, 2.05) is 12.2 Å². The summed E-state index contributed by atoms with van der Waals surface area (Å²) in [5.74, 6) is -2.24. The van der Waals surface area contributed by atoms with Gasteiger partial charge in [-0.15, -0.1) is 0 Å². The van der Waals surface area contributed by atoms with Gasteiger partial charge in [0, 0.05) is 25.7 Å². The van der Waals surface area contributed by atoms with Gasteiger partial charge < -0.3 is 33.8 Å². The lowest BCUT2D eigenvalue weighted by Gasteiger charge is -2.21. The van der Waals surface area contributed by atoms with Crippen LogP contribution in [0.1, 0.15) is 349 Å². The number of carbonyl (C=O) groups is 4. The van der Waals surface area contributed by atoms with Crippen molar-refractivity contribution in [2.75, 3.05) is 39.6 Å². The first-order valence-electron chi connectivity index (χ1n) is 39.8. The molecule has 0 spiro atoms. The predicted molar refractivity (Wildman–Crippen MR) is 409 cm³/mol. The Hall–Kier alpha value is -3.76. The van der Waals surface area contributed by atoms with Gasteiger partial charge >= 0.3 is 39.5 Å². The monoisotopic (exact) mass is 1450 g/mol. The number of hydrogen-bond acceptors (Lipinski definition) is 15. The van der Waals surface area contributed by atoms with Crippen molar-refractivity contribution in [3.05, 3.63) is 85.1 Å². The molecule has 0 saturated heterocycles. The Morgan fingerprint density at radius 1 is 0.280 bits per heavy atom. The first-order valence-corrected chi connectivity index (χ1v) is 42.8. The second kappa shape index (κ2) is 73.5. The molecule has 100 heavy (non-hydrogen) atoms. The highest BCUT2D eigenvalue weighted by Gasteiger charge is 2.30. The lowest BCUT2D eigenvalue weighted by atomic mass is 10.0. The third kappa shape index (κ3) is 72.6. The number of phosphoric ester groups is 2. The lowest BCUT2D eigenvalue weighted by molar-refractivity contribution is -0.161. The minimum absolute atomic E-state index is 0.0218. The number of esters is 4. The summed E-state index contributed by atoms with van der Waals surface area (Å²) in [7, 11) is -9.97. The minimum Gasteiger partial charge on any atom is -0.462 e. The molecule has 0 aromatic carbocycles. The molecule has 0 saturated carbocycles. The van der Waals surface area contributed by atoms with E-state index >= 15 is 0 Å². The van der Waals surface area contributed by atoms with E-state index in [0.29, 0.717) is 32.1 Å². The molecule has 3 N–H and O–H groups in total. The number of ether oxygens (including phenoxy) is 4. The van der Waals surface area contributed by atoms with E-state index in [1.54, 1.807) is 0 Å². The Kier molecular flexibility index (Phi) is 70.8. The van der Waals surface area contributed by atoms with Crippen LogP contribution in [0.4, 0.5) is 0 Å². The Morgan fingerprint density at radius 3 is 0.820 bits per heavy atom. The quantitative estimate of drug-likeness (QED) is 0.0169. The molecule has 0 aromatic rings. The third-order valence-corrected chi connectivity index (χ3v) is 18.7. The number of aliphatic hydroxyl groups excluding tert-OH is 1. The summed E-state index contributed by atoms with van der Waals surface area (Å²) in [6, 6.07) is 0. The van der Waals surface area contributed by atoms with E-state index in [1.165, 1.54) is 135 Å². The fraction of sp³-hybridized carbons (Fsp3) is 0.778. The van der Waals surface area contributed by atoms with Crippen molar-refractivity contribution in [3.8, 4) is 0 Å². The van der Waals surface area contributed by atoms with Crippen LogP contribution in [0, 0.1) is 0 Å². The van der Waals surface area contributed by atoms with Crippen molar-refractivity contribution in [2.24, 2.45) is 0 Å². The summed E-state index contributed by atoms with van der Waals surface area (Å²) in [5, 5.41) is 10.6. The first-order chi connectivity index (χ1) is 48.7. The number of aliphatic hydroxyl groups is 1. The maximum absolute atomic E-state index is 13.1. The van der Waals surface area contributed by atoms with Crippen LogP contribution in [-0.2, 0) is 65.4 Å². The van der Waals surface area contributed by atoms with Crippen LogP contribution in [-0.4, -0.2) is 96.7 Å². The number of allylic oxidation sites excluding steroid dienone is 14. The summed E-state index contributed by atoms with van der Waals surface area (Å²) in [5.41, 5.74) is 0. The molecular formula is C81H144O17P2. The van der Waals surface area contributed by atoms with Gasteiger partial charge in [0.2, 0.25) is 0 Å². The summed E-state index contributed by atoms with van der Waals surface area (Å²) < 4.78 is 68.5. The molecule has 0 aliphatic rings. The van der Waals surface area contributed by atoms with Gasteiger partial charge in [-0.1, -0.05) is 286 Å². The molecule has 0 aromatic heterocycles. The fourth-order valence-corrected chi connectivity index (χ4v) is 12.3. The van der Waals surface area contributed by atoms with E-state index in [-0.39, 0.29) is 25.7 Å². The number of unbranched alkanes of at least 4 members (excludes halogenated alkanes) is 35. The second-order valence-corrected chi connectivity index (χ2v) is 29.6. The van der Waals surface area contributed by atoms with Crippen molar-refractivity contribution in [3.63, 3.8) is 0 Å². The van der Waals surface area contributed by atoms with E-state index in [2.05, 4.69) is 101 Å². The smallest absolute Gasteiger partial charge is 0.462 e. The average Bonchev–Trinajstić information content (AvgIpc) is 1.13. The Balaban J connectivity index is 5.40. The van der Waals surface area contributed by atoms with Gasteiger partial charge in [-0.25, -0.2) is 9.13 Å². The van der Waals surface area contributed by atoms with Crippen molar-refractivity contribution >= 4 is 39.5 Å². The lowest BCUT2D eigenvalue weighted by Crippen LogP contribution is -2.30. The molecule has 0 heterocycles. The Labute approximate surface area is 608 Å². The molecule has 19 heteroatoms. The maximum Gasteiger partial charge on any atom is 0.472 e. The predicted octanol–water partition coefficient (Wildman–Crippen LogP) is 23.0. The standard InChI is InChI=1S/C81H144O17P2/c1-5-9-13-17-21-25-29-33-36-37-40-44-48-52-56-60-64-68-81(86)98-76(71-91-78(83)65-61-57-53-49-45-41-32-28-24-20-16-12-8-4)73-95-99(87,88)93-69-75(82)70-94-100(89,90)96-74-77(97-80(85)67-63-59-55-51-47-43-39-35-31-27-23-19-15-11-7-3)72-92-79(84)66-62-58-54-50-46-42-38-34-30-26-22-18-14-10-6-2/h21-22,25-26,33-36,38-40,44,52,56,75-77,82H,5-20,23-24,27-32,37,41-43,45-51,53-55,57-74H2,1-4H3,(H,87,88)(H,89,90)/b25-21-,26-22-,36-33-,38-34-,39-35-,44-40-,56-52-/t75-,76-,77-/m1/s1. The molecule has 0 rings (SSSR count). The van der Waals surface area contributed by atoms with Crippen molar-refractivity contribution in [1.29, 1.82) is 0 Å². The fourth-order valence-electron chi connectivity index (χ4n) is 10.7. The van der Waals surface area contributed by atoms with Crippen LogP contribution >= 0.6 is 15.6 Å². The molecule has 17 nitrogen and oxygen atoms in total. The maximum atomic E-state index is 13.1. The average molecular weight is 1450 g/mol. The first kappa shape index (κ1) is 96.2. The van der Waals surface area contributed by atoms with Crippen LogP contribution in [0.5, 0.6) is 0 Å². The largest absolute Gasteiger partial charge is 0.472 e. The third-order valence-electron chi connectivity index (χ3n) is 16.8. The SMILES string of the molecule is CCCCC/C=C\C/C=C\C/C=C\C/C=C\CCCC(=O)O[C@H](COC(=O)CCCCCCCCCCCCCCC)COP(=O)(O)OC[C@@H](O)COP(=O)(O)OC[C@@H](COC(=O)CCCCCCC/C=C\C/C=C\CCCCC)OC(=O)CCCCCCC/C=C\CCCCCCCC. The zero-order valence-electron chi connectivity index (χ0n) is 63.4. The molecule has 580 valence electrons. The highest BCUT2D eigenvalue weighted by Crippen LogP contribution is 2.45. The molecule has 0 amide bonds. The molecule has 0 bridgehead atoms. The number of phosphoric acid groups is 2. The van der Waals surface area contributed by atoms with E-state index in [9.17, 15) is 43.2 Å². The molecule has 0 fully saturated rings. The molecule has 0 aliphatic carbocycles. The van der Waals surface area contributed by atoms with Crippen molar-refractivity contribution < 1.29 is 80.2 Å². The Bertz CT molecular complexity index is 2230. The molecular weight excluding hydrogens is 1310 g/mol. The van der Waals surface area contributed by atoms with Crippen LogP contribution < -0.4 is 0 Å². The number of hydrogen-bond donors (Lipinski definition) is 3. The van der Waals surface area contributed by atoms with E-state index in [0.717, 1.165) is 128 Å². The zero-order valence-corrected chi connectivity index (χ0v) is 65.2. The van der Waals surface area contributed by atoms with Gasteiger partial charge in [0.15, 0.2) is 12.2 Å². The number of carbonyl (C=O) groups excluding carboxylic acids is 4. The van der Waals surface area contributed by atoms with Gasteiger partial charge in [-0.3, -0.25) is 37.3 Å². The van der Waals surface area contributed by atoms with Crippen LogP contribution in [0.15, 0.2) is 85.1 Å². The molecule has 0 aliphatic heterocycles. The molecule has 5 atom stereocenters. The van der Waals surface area contributed by atoms with Gasteiger partial charge in [-0.05, 0) is 122 Å². The van der Waals surface area contributed by atoms with Gasteiger partial charge in [0.05, 0.1) is 26.4 Å². The van der Waals surface area contributed by atoms with Crippen LogP contribution in [0.3, 0.4) is 0 Å².